The van der Waals surface area contributed by atoms with Gasteiger partial charge in [0.2, 0.25) is 35.2 Å². The summed E-state index contributed by atoms with van der Waals surface area (Å²) in [5.41, 5.74) is 4.23. The molecule has 4 saturated carbocycles. The van der Waals surface area contributed by atoms with E-state index < -0.39 is 93.8 Å². The van der Waals surface area contributed by atoms with Gasteiger partial charge in [-0.05, 0) is 127 Å². The van der Waals surface area contributed by atoms with Gasteiger partial charge in [-0.15, -0.1) is 18.9 Å². The molecule has 2 heterocycles. The van der Waals surface area contributed by atoms with E-state index >= 15 is 0 Å². The molecule has 1 aromatic rings. The van der Waals surface area contributed by atoms with Crippen molar-refractivity contribution in [2.45, 2.75) is 253 Å². The molecule has 0 spiro atoms. The van der Waals surface area contributed by atoms with Crippen LogP contribution in [0.15, 0.2) is 43.0 Å². The number of rotatable bonds is 28. The SMILES string of the molecule is C#CCCC(NC(=O)[C@@H]1[C@@H]2C(CN1C(=O)[C@@H](NC(=O)NC1(CCC)CCCCC1)C(C)(C)C)C2(C)C)C(=O)C(=O)NCC=C.CC(C)CC(C)(CCCc1ccccc1)NC(=O)N[C@H](C(=O)N1CC2[C@@H]([C@H]1C(=O)NC(CC1CCC1)C(=O)C(N)=O)C2(C)C)C(C)(C)C. The molecule has 5 unspecified atom stereocenters. The maximum absolute atomic E-state index is 14.4. The first-order valence-corrected chi connectivity index (χ1v) is 34.1. The van der Waals surface area contributed by atoms with Gasteiger partial charge in [-0.25, -0.2) is 9.59 Å². The van der Waals surface area contributed by atoms with E-state index in [9.17, 15) is 47.9 Å². The fourth-order valence-corrected chi connectivity index (χ4v) is 15.6. The van der Waals surface area contributed by atoms with E-state index in [1.807, 2.05) is 59.7 Å². The molecule has 6 aliphatic rings. The molecule has 10 amide bonds. The predicted molar refractivity (Wildman–Crippen MR) is 357 cm³/mol. The number of nitrogens with two attached hydrogens (primary N) is 1. The number of Topliss-reactive ketones (excluding diaryl/α,β-unsaturated/α-hetero) is 2. The van der Waals surface area contributed by atoms with Gasteiger partial charge in [-0.3, -0.25) is 38.4 Å². The third kappa shape index (κ3) is 18.3. The largest absolute Gasteiger partial charge is 0.363 e. The molecule has 0 aromatic heterocycles. The fourth-order valence-electron chi connectivity index (χ4n) is 15.6. The number of hydrogen-bond donors (Lipinski definition) is 8. The smallest absolute Gasteiger partial charge is 0.315 e. The van der Waals surface area contributed by atoms with Gasteiger partial charge in [0.15, 0.2) is 0 Å². The first-order chi connectivity index (χ1) is 43.0. The summed E-state index contributed by atoms with van der Waals surface area (Å²) in [6.45, 7) is 32.5. The Morgan fingerprint density at radius 1 is 0.728 bits per heavy atom. The normalized spacial score (nSPS) is 24.2. The van der Waals surface area contributed by atoms with Crippen molar-refractivity contribution in [2.75, 3.05) is 19.6 Å². The third-order valence-electron chi connectivity index (χ3n) is 21.0. The van der Waals surface area contributed by atoms with Crippen LogP contribution in [0.3, 0.4) is 0 Å². The van der Waals surface area contributed by atoms with Crippen LogP contribution in [-0.4, -0.2) is 136 Å². The zero-order valence-corrected chi connectivity index (χ0v) is 57.9. The van der Waals surface area contributed by atoms with Crippen LogP contribution < -0.4 is 43.0 Å². The van der Waals surface area contributed by atoms with Crippen molar-refractivity contribution < 1.29 is 47.9 Å². The van der Waals surface area contributed by atoms with Crippen LogP contribution in [0.25, 0.3) is 0 Å². The number of carbonyl (C=O) groups excluding carboxylic acids is 10. The molecule has 20 heteroatoms. The number of urea groups is 2. The van der Waals surface area contributed by atoms with E-state index in [-0.39, 0.29) is 83.2 Å². The summed E-state index contributed by atoms with van der Waals surface area (Å²) in [5.74, 6) is -2.06. The van der Waals surface area contributed by atoms with Gasteiger partial charge in [-0.2, -0.15) is 0 Å². The molecule has 1 aromatic carbocycles. The number of ketones is 2. The van der Waals surface area contributed by atoms with Crippen molar-refractivity contribution in [2.24, 2.45) is 62.9 Å². The van der Waals surface area contributed by atoms with Crippen LogP contribution in [-0.2, 0) is 44.8 Å². The molecule has 2 aliphatic heterocycles. The number of piperidine rings is 2. The molecular weight excluding hydrogens is 1160 g/mol. The monoisotopic (exact) mass is 1280 g/mol. The maximum Gasteiger partial charge on any atom is 0.315 e. The number of nitrogens with zero attached hydrogens (tertiary/aromatic N) is 2. The average molecular weight is 1280 g/mol. The lowest BCUT2D eigenvalue weighted by molar-refractivity contribution is -0.145. The van der Waals surface area contributed by atoms with Crippen LogP contribution in [0, 0.1) is 69.5 Å². The van der Waals surface area contributed by atoms with Gasteiger partial charge in [0.1, 0.15) is 24.2 Å². The van der Waals surface area contributed by atoms with Crippen molar-refractivity contribution in [1.29, 1.82) is 0 Å². The number of primary amides is 1. The lowest BCUT2D eigenvalue weighted by atomic mass is 9.78. The van der Waals surface area contributed by atoms with E-state index in [1.165, 1.54) is 11.6 Å². The Balaban J connectivity index is 0.000000293. The molecule has 4 aliphatic carbocycles. The van der Waals surface area contributed by atoms with E-state index in [0.717, 1.165) is 89.9 Å². The summed E-state index contributed by atoms with van der Waals surface area (Å²) in [5, 5.41) is 20.5. The number of nitrogens with one attached hydrogen (secondary N) is 7. The van der Waals surface area contributed by atoms with Crippen molar-refractivity contribution in [3.8, 4) is 12.3 Å². The van der Waals surface area contributed by atoms with Gasteiger partial charge in [0.05, 0.1) is 12.1 Å². The summed E-state index contributed by atoms with van der Waals surface area (Å²) in [6.07, 6.45) is 20.8. The maximum atomic E-state index is 14.4. The van der Waals surface area contributed by atoms with Crippen LogP contribution in [0.1, 0.15) is 205 Å². The summed E-state index contributed by atoms with van der Waals surface area (Å²) < 4.78 is 0. The number of benzene rings is 1. The fraction of sp³-hybridized carbons (Fsp3) is 0.722. The molecule has 0 radical (unpaired) electrons. The number of terminal acetylenes is 1. The number of aryl methyl sites for hydroxylation is 1. The van der Waals surface area contributed by atoms with Crippen LogP contribution in [0.4, 0.5) is 9.59 Å². The highest BCUT2D eigenvalue weighted by Crippen LogP contribution is 2.66. The standard InChI is InChI=1S/C38H59N5O5.C34H53N5O5/c1-23(2)21-38(8,19-13-18-24-14-10-9-11-15-24)42-35(48)41-31(36(3,4)5)34(47)43-22-26-28(37(26,6)7)29(43)33(46)40-27(30(44)32(39)45)20-25-16-12-17-25;1-9-12-16-23(26(40)29(42)35-20-11-3)36-28(41)25-24-22(33(24,7)8)21-39(25)30(43)27(32(4,5)6)37-31(44)38-34(17-10-2)18-14-13-15-19-34/h9-11,14-15,23,25-29,31H,12-13,16-22H2,1-8H3,(H2,39,45)(H,40,46)(H2,41,42,48);1,11,22-25,27H,3,10,12-21H2,2,4-8H3,(H,35,42)(H,36,41)(H2,37,38,44)/t26?,27?,28-,29-,31+,38?;22?,23?,24-,25-,27+/m00/s1. The zero-order valence-electron chi connectivity index (χ0n) is 57.9. The molecule has 0 bridgehead atoms. The lowest BCUT2D eigenvalue weighted by Crippen LogP contribution is -2.63. The molecule has 9 N–H and O–H groups in total. The number of likely N-dealkylation sites (tertiary alicyclic amines) is 2. The first kappa shape index (κ1) is 74.3. The minimum Gasteiger partial charge on any atom is -0.363 e. The Bertz CT molecular complexity index is 2890. The highest BCUT2D eigenvalue weighted by Gasteiger charge is 2.71. The van der Waals surface area contributed by atoms with Crippen molar-refractivity contribution >= 4 is 59.1 Å². The Morgan fingerprint density at radius 2 is 1.25 bits per heavy atom. The van der Waals surface area contributed by atoms with Crippen molar-refractivity contribution in [3.05, 3.63) is 48.6 Å². The van der Waals surface area contributed by atoms with Gasteiger partial charge in [0, 0.05) is 37.1 Å². The molecule has 510 valence electrons. The summed E-state index contributed by atoms with van der Waals surface area (Å²) in [7, 11) is 0. The Morgan fingerprint density at radius 3 is 1.71 bits per heavy atom. The van der Waals surface area contributed by atoms with Crippen LogP contribution >= 0.6 is 0 Å². The molecule has 20 nitrogen and oxygen atoms in total. The molecule has 92 heavy (non-hydrogen) atoms. The summed E-state index contributed by atoms with van der Waals surface area (Å²) >= 11 is 0. The van der Waals surface area contributed by atoms with E-state index in [4.69, 9.17) is 12.2 Å². The van der Waals surface area contributed by atoms with E-state index in [2.05, 4.69) is 117 Å². The van der Waals surface area contributed by atoms with Gasteiger partial charge < -0.3 is 52.8 Å². The number of fused-ring (bicyclic) bond motifs is 2. The van der Waals surface area contributed by atoms with Gasteiger partial charge in [-0.1, -0.05) is 171 Å². The zero-order chi connectivity index (χ0) is 68.5. The second kappa shape index (κ2) is 30.5. The number of carbonyl (C=O) groups is 10. The average Bonchev–Trinajstić information content (AvgIpc) is 1.53. The van der Waals surface area contributed by atoms with Crippen molar-refractivity contribution in [1.82, 2.24) is 47.0 Å². The molecule has 11 atom stereocenters. The highest BCUT2D eigenvalue weighted by molar-refractivity contribution is 6.38. The minimum atomic E-state index is -1.13. The third-order valence-corrected chi connectivity index (χ3v) is 21.0. The molecule has 2 saturated heterocycles. The summed E-state index contributed by atoms with van der Waals surface area (Å²) in [6, 6.07) is 3.91. The van der Waals surface area contributed by atoms with Crippen molar-refractivity contribution in [3.63, 3.8) is 0 Å². The number of amides is 10. The van der Waals surface area contributed by atoms with Gasteiger partial charge >= 0.3 is 12.1 Å². The predicted octanol–water partition coefficient (Wildman–Crippen LogP) is 8.20. The Kier molecular flexibility index (Phi) is 24.6. The molecule has 7 rings (SSSR count). The minimum absolute atomic E-state index is 0.0899. The Labute approximate surface area is 548 Å². The number of hydrogen-bond acceptors (Lipinski definition) is 10. The van der Waals surface area contributed by atoms with Crippen LogP contribution in [0.2, 0.25) is 0 Å². The quantitative estimate of drug-likeness (QED) is 0.0226. The lowest BCUT2D eigenvalue weighted by Gasteiger charge is -2.41. The highest BCUT2D eigenvalue weighted by atomic mass is 16.2. The first-order valence-electron chi connectivity index (χ1n) is 34.1. The second-order valence-electron chi connectivity index (χ2n) is 31.7. The van der Waals surface area contributed by atoms with Crippen LogP contribution in [0.5, 0.6) is 0 Å². The Hall–Kier alpha value is -6.78. The van der Waals surface area contributed by atoms with E-state index in [0.29, 0.717) is 25.4 Å². The van der Waals surface area contributed by atoms with E-state index in [1.54, 1.807) is 9.80 Å². The summed E-state index contributed by atoms with van der Waals surface area (Å²) in [4.78, 5) is 137. The molecular formula is C72H112N10O10. The van der Waals surface area contributed by atoms with Gasteiger partial charge in [0.25, 0.3) is 11.8 Å². The topological polar surface area (TPSA) is 287 Å². The molecule has 6 fully saturated rings. The second-order valence-corrected chi connectivity index (χ2v) is 31.7.